The largest absolute Gasteiger partial charge is 0.464 e. The highest BCUT2D eigenvalue weighted by atomic mass is 16.3. The van der Waals surface area contributed by atoms with E-state index in [1.54, 1.807) is 0 Å². The Morgan fingerprint density at radius 1 is 0.829 bits per heavy atom. The van der Waals surface area contributed by atoms with Crippen LogP contribution in [0.15, 0.2) is 77.2 Å². The fourth-order valence-electron chi connectivity index (χ4n) is 4.77. The van der Waals surface area contributed by atoms with Crippen molar-refractivity contribution in [1.29, 1.82) is 0 Å². The number of carbonyl (C=O) groups excluding carboxylic acids is 1. The molecule has 0 N–H and O–H groups in total. The summed E-state index contributed by atoms with van der Waals surface area (Å²) in [5.41, 5.74) is 2.49. The van der Waals surface area contributed by atoms with E-state index in [-0.39, 0.29) is 5.91 Å². The quantitative estimate of drug-likeness (QED) is 0.365. The third-order valence-corrected chi connectivity index (χ3v) is 6.80. The highest BCUT2D eigenvalue weighted by Gasteiger charge is 2.20. The van der Waals surface area contributed by atoms with Crippen molar-refractivity contribution in [2.24, 2.45) is 0 Å². The van der Waals surface area contributed by atoms with Gasteiger partial charge in [0.25, 0.3) is 0 Å². The lowest BCUT2D eigenvalue weighted by Gasteiger charge is -2.31. The molecular weight excluding hydrogens is 434 g/mol. The first-order valence-corrected chi connectivity index (χ1v) is 13.0. The van der Waals surface area contributed by atoms with E-state index in [1.807, 2.05) is 36.1 Å². The Kier molecular flexibility index (Phi) is 9.56. The number of amides is 1. The summed E-state index contributed by atoms with van der Waals surface area (Å²) >= 11 is 0. The van der Waals surface area contributed by atoms with Crippen molar-refractivity contribution in [1.82, 2.24) is 14.7 Å². The molecule has 5 nitrogen and oxygen atoms in total. The molecule has 2 aromatic carbocycles. The Bertz CT molecular complexity index is 1010. The summed E-state index contributed by atoms with van der Waals surface area (Å²) in [6.07, 6.45) is 4.74. The molecule has 2 heterocycles. The maximum absolute atomic E-state index is 13.7. The molecule has 0 aliphatic carbocycles. The van der Waals surface area contributed by atoms with Gasteiger partial charge in [0, 0.05) is 26.2 Å². The fourth-order valence-corrected chi connectivity index (χ4v) is 4.77. The van der Waals surface area contributed by atoms with Crippen LogP contribution in [0.4, 0.5) is 0 Å². The van der Waals surface area contributed by atoms with Crippen molar-refractivity contribution in [3.63, 3.8) is 0 Å². The minimum absolute atomic E-state index is 0.157. The van der Waals surface area contributed by atoms with Gasteiger partial charge in [-0.05, 0) is 62.5 Å². The number of hydrogen-bond acceptors (Lipinski definition) is 4. The number of benzene rings is 2. The van der Waals surface area contributed by atoms with Crippen LogP contribution in [0.3, 0.4) is 0 Å². The van der Waals surface area contributed by atoms with Crippen molar-refractivity contribution in [3.05, 3.63) is 95.4 Å². The fraction of sp³-hybridized carbons (Fsp3) is 0.433. The molecular formula is C30H39N3O2. The van der Waals surface area contributed by atoms with Crippen LogP contribution >= 0.6 is 0 Å². The topological polar surface area (TPSA) is 39.9 Å². The SMILES string of the molecule is Cc1ccc(CN(CCc2ccccc2)C(=O)CN(CCN2CCCCC2)Cc2ccccc2)o1. The van der Waals surface area contributed by atoms with Gasteiger partial charge < -0.3 is 14.2 Å². The molecule has 1 aliphatic heterocycles. The van der Waals surface area contributed by atoms with Crippen molar-refractivity contribution < 1.29 is 9.21 Å². The van der Waals surface area contributed by atoms with Crippen LogP contribution in [0.2, 0.25) is 0 Å². The van der Waals surface area contributed by atoms with Crippen molar-refractivity contribution in [3.8, 4) is 0 Å². The molecule has 0 radical (unpaired) electrons. The summed E-state index contributed by atoms with van der Waals surface area (Å²) in [5, 5.41) is 0. The molecule has 1 fully saturated rings. The Labute approximate surface area is 210 Å². The van der Waals surface area contributed by atoms with Gasteiger partial charge >= 0.3 is 0 Å². The van der Waals surface area contributed by atoms with E-state index in [0.29, 0.717) is 19.6 Å². The second-order valence-electron chi connectivity index (χ2n) is 9.66. The first kappa shape index (κ1) is 25.2. The average Bonchev–Trinajstić information content (AvgIpc) is 3.31. The van der Waals surface area contributed by atoms with Crippen molar-refractivity contribution in [2.45, 2.75) is 45.7 Å². The number of hydrogen-bond donors (Lipinski definition) is 0. The molecule has 1 saturated heterocycles. The van der Waals surface area contributed by atoms with Crippen molar-refractivity contribution in [2.75, 3.05) is 39.3 Å². The lowest BCUT2D eigenvalue weighted by Crippen LogP contribution is -2.44. The number of rotatable bonds is 12. The lowest BCUT2D eigenvalue weighted by molar-refractivity contribution is -0.133. The summed E-state index contributed by atoms with van der Waals surface area (Å²) in [7, 11) is 0. The summed E-state index contributed by atoms with van der Waals surface area (Å²) in [5.74, 6) is 1.87. The molecule has 0 bridgehead atoms. The third-order valence-electron chi connectivity index (χ3n) is 6.80. The van der Waals surface area contributed by atoms with E-state index in [9.17, 15) is 4.79 Å². The predicted molar refractivity (Wildman–Crippen MR) is 141 cm³/mol. The monoisotopic (exact) mass is 473 g/mol. The summed E-state index contributed by atoms with van der Waals surface area (Å²) in [4.78, 5) is 20.5. The zero-order chi connectivity index (χ0) is 24.3. The van der Waals surface area contributed by atoms with E-state index in [4.69, 9.17) is 4.42 Å². The Morgan fingerprint density at radius 3 is 2.17 bits per heavy atom. The summed E-state index contributed by atoms with van der Waals surface area (Å²) in [6.45, 7) is 8.58. The van der Waals surface area contributed by atoms with Gasteiger partial charge in [-0.25, -0.2) is 0 Å². The Balaban J connectivity index is 1.43. The third kappa shape index (κ3) is 8.37. The van der Waals surface area contributed by atoms with Crippen LogP contribution in [-0.2, 0) is 24.3 Å². The summed E-state index contributed by atoms with van der Waals surface area (Å²) in [6, 6.07) is 24.8. The minimum Gasteiger partial charge on any atom is -0.464 e. The van der Waals surface area contributed by atoms with Gasteiger partial charge in [0.2, 0.25) is 5.91 Å². The van der Waals surface area contributed by atoms with Crippen LogP contribution in [0.5, 0.6) is 0 Å². The number of likely N-dealkylation sites (tertiary alicyclic amines) is 1. The number of carbonyl (C=O) groups is 1. The molecule has 1 aromatic heterocycles. The first-order chi connectivity index (χ1) is 17.2. The minimum atomic E-state index is 0.157. The number of furan rings is 1. The van der Waals surface area contributed by atoms with Crippen LogP contribution in [0.1, 0.15) is 41.9 Å². The van der Waals surface area contributed by atoms with E-state index in [0.717, 1.165) is 37.6 Å². The number of nitrogens with zero attached hydrogens (tertiary/aromatic N) is 3. The molecule has 35 heavy (non-hydrogen) atoms. The highest BCUT2D eigenvalue weighted by Crippen LogP contribution is 2.14. The molecule has 186 valence electrons. The van der Waals surface area contributed by atoms with Gasteiger partial charge in [-0.15, -0.1) is 0 Å². The molecule has 0 atom stereocenters. The zero-order valence-corrected chi connectivity index (χ0v) is 21.1. The van der Waals surface area contributed by atoms with E-state index in [2.05, 4.69) is 58.3 Å². The van der Waals surface area contributed by atoms with Gasteiger partial charge in [0.15, 0.2) is 0 Å². The Morgan fingerprint density at radius 2 is 1.51 bits per heavy atom. The molecule has 0 saturated carbocycles. The van der Waals surface area contributed by atoms with Gasteiger partial charge in [-0.2, -0.15) is 0 Å². The second kappa shape index (κ2) is 13.3. The normalized spacial score (nSPS) is 14.3. The van der Waals surface area contributed by atoms with Crippen molar-refractivity contribution >= 4 is 5.91 Å². The number of aryl methyl sites for hydroxylation is 1. The van der Waals surface area contributed by atoms with Crippen LogP contribution in [-0.4, -0.2) is 59.9 Å². The molecule has 3 aromatic rings. The van der Waals surface area contributed by atoms with Crippen LogP contribution < -0.4 is 0 Å². The van der Waals surface area contributed by atoms with Gasteiger partial charge in [-0.3, -0.25) is 9.69 Å². The smallest absolute Gasteiger partial charge is 0.237 e. The second-order valence-corrected chi connectivity index (χ2v) is 9.66. The highest BCUT2D eigenvalue weighted by molar-refractivity contribution is 5.78. The average molecular weight is 474 g/mol. The van der Waals surface area contributed by atoms with E-state index < -0.39 is 0 Å². The van der Waals surface area contributed by atoms with Gasteiger partial charge in [-0.1, -0.05) is 67.1 Å². The van der Waals surface area contributed by atoms with E-state index >= 15 is 0 Å². The lowest BCUT2D eigenvalue weighted by atomic mass is 10.1. The maximum atomic E-state index is 13.7. The van der Waals surface area contributed by atoms with Gasteiger partial charge in [0.05, 0.1) is 13.1 Å². The standard InChI is InChI=1S/C30H39N3O2/c1-26-15-16-29(35-26)24-33(20-17-27-11-5-2-6-12-27)30(34)25-32(23-28-13-7-3-8-14-28)22-21-31-18-9-4-10-19-31/h2-3,5-8,11-16H,4,9-10,17-25H2,1H3. The van der Waals surface area contributed by atoms with E-state index in [1.165, 1.54) is 43.5 Å². The molecule has 0 unspecified atom stereocenters. The zero-order valence-electron chi connectivity index (χ0n) is 21.1. The maximum Gasteiger partial charge on any atom is 0.237 e. The van der Waals surface area contributed by atoms with Gasteiger partial charge in [0.1, 0.15) is 11.5 Å². The Hall–Kier alpha value is -2.89. The van der Waals surface area contributed by atoms with Crippen LogP contribution in [0, 0.1) is 6.92 Å². The molecule has 0 spiro atoms. The molecule has 1 aliphatic rings. The molecule has 1 amide bonds. The predicted octanol–water partition coefficient (Wildman–Crippen LogP) is 5.15. The number of piperidine rings is 1. The molecule has 5 heteroatoms. The summed E-state index contributed by atoms with van der Waals surface area (Å²) < 4.78 is 5.83. The van der Waals surface area contributed by atoms with Crippen LogP contribution in [0.25, 0.3) is 0 Å². The molecule has 4 rings (SSSR count). The first-order valence-electron chi connectivity index (χ1n) is 13.0.